The fraction of sp³-hybridized carbons (Fsp3) is 0. The summed E-state index contributed by atoms with van der Waals surface area (Å²) in [5, 5.41) is 19.1. The van der Waals surface area contributed by atoms with Gasteiger partial charge in [0.1, 0.15) is 0 Å². The van der Waals surface area contributed by atoms with Gasteiger partial charge in [0.25, 0.3) is 5.69 Å². The molecule has 84 valence electrons. The fourth-order valence-corrected chi connectivity index (χ4v) is 1.04. The number of halogens is 2. The Balaban J connectivity index is 3.48. The number of carbonyl (C=O) groups is 1. The molecular weight excluding hydrogens is 224 g/mol. The van der Waals surface area contributed by atoms with Crippen molar-refractivity contribution in [3.8, 4) is 0 Å². The normalized spacial score (nSPS) is 9.88. The molecule has 5 nitrogen and oxygen atoms in total. The standard InChI is InChI=1S/C9H5F2NO4/c1-4(9(13)14)5-2-6(10)7(11)3-8(5)12(15)16/h2-3H,1H2,(H,13,14). The van der Waals surface area contributed by atoms with Crippen molar-refractivity contribution < 1.29 is 23.6 Å². The second-order valence-corrected chi connectivity index (χ2v) is 2.82. The maximum absolute atomic E-state index is 12.8. The largest absolute Gasteiger partial charge is 0.478 e. The molecule has 1 aromatic rings. The van der Waals surface area contributed by atoms with Gasteiger partial charge in [-0.2, -0.15) is 0 Å². The fourth-order valence-electron chi connectivity index (χ4n) is 1.04. The molecule has 0 unspecified atom stereocenters. The van der Waals surface area contributed by atoms with Crippen molar-refractivity contribution in [3.63, 3.8) is 0 Å². The smallest absolute Gasteiger partial charge is 0.335 e. The van der Waals surface area contributed by atoms with Crippen molar-refractivity contribution in [1.29, 1.82) is 0 Å². The third-order valence-corrected chi connectivity index (χ3v) is 1.82. The average Bonchev–Trinajstić information content (AvgIpc) is 2.19. The van der Waals surface area contributed by atoms with Crippen LogP contribution in [0.2, 0.25) is 0 Å². The number of nitro groups is 1. The number of carboxylic acids is 1. The van der Waals surface area contributed by atoms with Gasteiger partial charge >= 0.3 is 5.97 Å². The first-order valence-electron chi connectivity index (χ1n) is 3.90. The minimum atomic E-state index is -1.55. The monoisotopic (exact) mass is 229 g/mol. The van der Waals surface area contributed by atoms with E-state index in [1.54, 1.807) is 0 Å². The number of aliphatic carboxylic acids is 1. The highest BCUT2D eigenvalue weighted by Gasteiger charge is 2.23. The molecule has 1 rings (SSSR count). The molecule has 0 radical (unpaired) electrons. The van der Waals surface area contributed by atoms with Crippen LogP contribution in [0.15, 0.2) is 18.7 Å². The lowest BCUT2D eigenvalue weighted by atomic mass is 10.1. The quantitative estimate of drug-likeness (QED) is 0.488. The first kappa shape index (κ1) is 11.8. The molecule has 1 N–H and O–H groups in total. The number of hydrogen-bond donors (Lipinski definition) is 1. The maximum Gasteiger partial charge on any atom is 0.335 e. The molecule has 0 atom stereocenters. The molecule has 0 saturated heterocycles. The number of rotatable bonds is 3. The molecule has 0 aromatic heterocycles. The molecule has 0 bridgehead atoms. The Hall–Kier alpha value is -2.31. The van der Waals surface area contributed by atoms with E-state index in [2.05, 4.69) is 6.58 Å². The second-order valence-electron chi connectivity index (χ2n) is 2.82. The number of benzene rings is 1. The van der Waals surface area contributed by atoms with E-state index in [4.69, 9.17) is 5.11 Å². The first-order valence-corrected chi connectivity index (χ1v) is 3.90. The summed E-state index contributed by atoms with van der Waals surface area (Å²) in [6, 6.07) is 0.753. The zero-order valence-electron chi connectivity index (χ0n) is 7.74. The van der Waals surface area contributed by atoms with Crippen LogP contribution in [0.4, 0.5) is 14.5 Å². The molecule has 0 heterocycles. The van der Waals surface area contributed by atoms with Gasteiger partial charge in [-0.3, -0.25) is 10.1 Å². The van der Waals surface area contributed by atoms with Crippen LogP contribution in [-0.4, -0.2) is 16.0 Å². The Morgan fingerprint density at radius 3 is 2.31 bits per heavy atom. The van der Waals surface area contributed by atoms with Gasteiger partial charge in [0, 0.05) is 0 Å². The van der Waals surface area contributed by atoms with Crippen molar-refractivity contribution >= 4 is 17.2 Å². The summed E-state index contributed by atoms with van der Waals surface area (Å²) >= 11 is 0. The van der Waals surface area contributed by atoms with E-state index in [0.717, 1.165) is 0 Å². The van der Waals surface area contributed by atoms with E-state index < -0.39 is 39.4 Å². The second kappa shape index (κ2) is 4.05. The highest BCUT2D eigenvalue weighted by molar-refractivity contribution is 6.15. The van der Waals surface area contributed by atoms with E-state index in [-0.39, 0.29) is 0 Å². The summed E-state index contributed by atoms with van der Waals surface area (Å²) in [6.07, 6.45) is 0. The predicted molar refractivity (Wildman–Crippen MR) is 49.7 cm³/mol. The Bertz CT molecular complexity index is 499. The van der Waals surface area contributed by atoms with E-state index in [1.807, 2.05) is 0 Å². The molecule has 0 aliphatic heterocycles. The van der Waals surface area contributed by atoms with Crippen LogP contribution < -0.4 is 0 Å². The number of carboxylic acid groups (broad SMARTS) is 1. The minimum Gasteiger partial charge on any atom is -0.478 e. The molecule has 0 aliphatic rings. The lowest BCUT2D eigenvalue weighted by Gasteiger charge is -2.03. The van der Waals surface area contributed by atoms with Gasteiger partial charge in [0.2, 0.25) is 0 Å². The SMILES string of the molecule is C=C(C(=O)O)c1cc(F)c(F)cc1[N+](=O)[O-]. The zero-order chi connectivity index (χ0) is 12.5. The molecule has 1 aromatic carbocycles. The van der Waals surface area contributed by atoms with Crippen LogP contribution in [-0.2, 0) is 4.79 Å². The molecule has 0 saturated carbocycles. The van der Waals surface area contributed by atoms with Crippen LogP contribution in [0.5, 0.6) is 0 Å². The minimum absolute atomic E-state index is 0.318. The van der Waals surface area contributed by atoms with Crippen molar-refractivity contribution in [2.24, 2.45) is 0 Å². The highest BCUT2D eigenvalue weighted by atomic mass is 19.2. The number of nitrogens with zero attached hydrogens (tertiary/aromatic N) is 1. The predicted octanol–water partition coefficient (Wildman–Crippen LogP) is 1.97. The van der Waals surface area contributed by atoms with E-state index >= 15 is 0 Å². The number of nitro benzene ring substituents is 1. The van der Waals surface area contributed by atoms with Crippen LogP contribution >= 0.6 is 0 Å². The van der Waals surface area contributed by atoms with Crippen LogP contribution in [0.3, 0.4) is 0 Å². The third-order valence-electron chi connectivity index (χ3n) is 1.82. The lowest BCUT2D eigenvalue weighted by Crippen LogP contribution is -2.04. The topological polar surface area (TPSA) is 80.4 Å². The highest BCUT2D eigenvalue weighted by Crippen LogP contribution is 2.27. The summed E-state index contributed by atoms with van der Waals surface area (Å²) in [7, 11) is 0. The molecule has 7 heteroatoms. The first-order chi connectivity index (χ1) is 7.34. The Morgan fingerprint density at radius 2 is 1.88 bits per heavy atom. The van der Waals surface area contributed by atoms with Crippen molar-refractivity contribution in [3.05, 3.63) is 46.0 Å². The van der Waals surface area contributed by atoms with Gasteiger partial charge < -0.3 is 5.11 Å². The molecule has 0 amide bonds. The summed E-state index contributed by atoms with van der Waals surface area (Å²) < 4.78 is 25.5. The Kier molecular flexibility index (Phi) is 2.98. The average molecular weight is 229 g/mol. The van der Waals surface area contributed by atoms with Crippen molar-refractivity contribution in [2.45, 2.75) is 0 Å². The van der Waals surface area contributed by atoms with E-state index in [0.29, 0.717) is 12.1 Å². The molecule has 0 spiro atoms. The van der Waals surface area contributed by atoms with E-state index in [1.165, 1.54) is 0 Å². The lowest BCUT2D eigenvalue weighted by molar-refractivity contribution is -0.385. The van der Waals surface area contributed by atoms with Gasteiger partial charge in [-0.1, -0.05) is 6.58 Å². The summed E-state index contributed by atoms with van der Waals surface area (Å²) in [6.45, 7) is 3.05. The Labute approximate surface area is 87.8 Å². The summed E-state index contributed by atoms with van der Waals surface area (Å²) in [4.78, 5) is 20.0. The van der Waals surface area contributed by atoms with E-state index in [9.17, 15) is 23.7 Å². The maximum atomic E-state index is 12.8. The van der Waals surface area contributed by atoms with Gasteiger partial charge in [-0.05, 0) is 6.07 Å². The summed E-state index contributed by atoms with van der Waals surface area (Å²) in [5.41, 5.74) is -2.08. The third kappa shape index (κ3) is 2.02. The molecule has 0 fully saturated rings. The molecule has 16 heavy (non-hydrogen) atoms. The zero-order valence-corrected chi connectivity index (χ0v) is 7.74. The van der Waals surface area contributed by atoms with Crippen molar-refractivity contribution in [1.82, 2.24) is 0 Å². The Morgan fingerprint density at radius 1 is 1.38 bits per heavy atom. The van der Waals surface area contributed by atoms with Gasteiger partial charge in [0.15, 0.2) is 11.6 Å². The molecular formula is C9H5F2NO4. The van der Waals surface area contributed by atoms with Crippen LogP contribution in [0.25, 0.3) is 5.57 Å². The number of hydrogen-bond acceptors (Lipinski definition) is 3. The molecule has 0 aliphatic carbocycles. The van der Waals surface area contributed by atoms with Crippen LogP contribution in [0, 0.1) is 21.7 Å². The summed E-state index contributed by atoms with van der Waals surface area (Å²) in [5.74, 6) is -4.34. The van der Waals surface area contributed by atoms with Crippen molar-refractivity contribution in [2.75, 3.05) is 0 Å². The van der Waals surface area contributed by atoms with Gasteiger partial charge in [-0.25, -0.2) is 13.6 Å². The van der Waals surface area contributed by atoms with Gasteiger partial charge in [-0.15, -0.1) is 0 Å². The van der Waals surface area contributed by atoms with Crippen LogP contribution in [0.1, 0.15) is 5.56 Å². The van der Waals surface area contributed by atoms with Gasteiger partial charge in [0.05, 0.1) is 22.1 Å².